The van der Waals surface area contributed by atoms with Gasteiger partial charge in [-0.05, 0) is 51.2 Å². The second kappa shape index (κ2) is 4.42. The van der Waals surface area contributed by atoms with Crippen LogP contribution in [-0.2, 0) is 11.2 Å². The summed E-state index contributed by atoms with van der Waals surface area (Å²) in [6.45, 7) is 6.82. The molecule has 1 aromatic heterocycles. The zero-order valence-electron chi connectivity index (χ0n) is 10.9. The summed E-state index contributed by atoms with van der Waals surface area (Å²) in [6.07, 6.45) is 0.989. The van der Waals surface area contributed by atoms with Crippen LogP contribution in [0.1, 0.15) is 37.3 Å². The van der Waals surface area contributed by atoms with Gasteiger partial charge in [-0.1, -0.05) is 0 Å². The van der Waals surface area contributed by atoms with Crippen LogP contribution < -0.4 is 5.32 Å². The molecule has 0 bridgehead atoms. The molecule has 0 radical (unpaired) electrons. The second-order valence-corrected chi connectivity index (χ2v) is 6.10. The van der Waals surface area contributed by atoms with Crippen LogP contribution in [0.4, 0.5) is 0 Å². The number of amides is 1. The molecule has 4 heteroatoms. The lowest BCUT2D eigenvalue weighted by molar-refractivity contribution is -0.139. The van der Waals surface area contributed by atoms with Crippen LogP contribution in [0.5, 0.6) is 0 Å². The fraction of sp³-hybridized carbons (Fsp3) is 0.615. The summed E-state index contributed by atoms with van der Waals surface area (Å²) in [5, 5.41) is 5.21. The van der Waals surface area contributed by atoms with Crippen molar-refractivity contribution in [2.45, 2.75) is 38.8 Å². The van der Waals surface area contributed by atoms with Gasteiger partial charge >= 0.3 is 0 Å². The number of nitrogens with zero attached hydrogens (tertiary/aromatic N) is 1. The number of nitrogens with one attached hydrogen (secondary N) is 1. The Morgan fingerprint density at radius 1 is 1.59 bits per heavy atom. The highest BCUT2D eigenvalue weighted by atomic mass is 32.1. The predicted molar refractivity (Wildman–Crippen MR) is 71.3 cm³/mol. The van der Waals surface area contributed by atoms with E-state index < -0.39 is 5.54 Å². The van der Waals surface area contributed by atoms with Crippen LogP contribution in [0.2, 0.25) is 0 Å². The van der Waals surface area contributed by atoms with E-state index in [2.05, 4.69) is 23.7 Å². The van der Waals surface area contributed by atoms with E-state index in [-0.39, 0.29) is 11.9 Å². The van der Waals surface area contributed by atoms with Gasteiger partial charge in [-0.2, -0.15) is 0 Å². The molecule has 1 unspecified atom stereocenters. The number of hydrogen-bond donors (Lipinski definition) is 1. The van der Waals surface area contributed by atoms with Gasteiger partial charge < -0.3 is 10.2 Å². The Labute approximate surface area is 107 Å². The highest BCUT2D eigenvalue weighted by molar-refractivity contribution is 7.10. The highest BCUT2D eigenvalue weighted by Crippen LogP contribution is 2.33. The molecule has 0 aliphatic carbocycles. The number of carbonyl (C=O) groups is 1. The lowest BCUT2D eigenvalue weighted by Crippen LogP contribution is -2.54. The van der Waals surface area contributed by atoms with E-state index in [9.17, 15) is 4.79 Å². The Kier molecular flexibility index (Phi) is 3.27. The summed E-state index contributed by atoms with van der Waals surface area (Å²) >= 11 is 1.80. The van der Waals surface area contributed by atoms with E-state index in [0.29, 0.717) is 0 Å². The standard InChI is InChI=1S/C13H20N2OS/c1-9-10-6-8-17-11(10)5-7-15(9)12(16)13(2,3)14-4/h6,8-9,14H,5,7H2,1-4H3. The largest absolute Gasteiger partial charge is 0.334 e. The molecule has 1 atom stereocenters. The Morgan fingerprint density at radius 2 is 2.29 bits per heavy atom. The molecule has 2 heterocycles. The van der Waals surface area contributed by atoms with Gasteiger partial charge in [-0.3, -0.25) is 4.79 Å². The lowest BCUT2D eigenvalue weighted by Gasteiger charge is -2.38. The van der Waals surface area contributed by atoms with Gasteiger partial charge in [-0.15, -0.1) is 11.3 Å². The van der Waals surface area contributed by atoms with Crippen LogP contribution >= 0.6 is 11.3 Å². The van der Waals surface area contributed by atoms with Crippen LogP contribution in [0, 0.1) is 0 Å². The third kappa shape index (κ3) is 2.11. The van der Waals surface area contributed by atoms with Crippen molar-refractivity contribution in [3.63, 3.8) is 0 Å². The monoisotopic (exact) mass is 252 g/mol. The van der Waals surface area contributed by atoms with Gasteiger partial charge in [0.25, 0.3) is 0 Å². The first-order valence-corrected chi connectivity index (χ1v) is 6.91. The molecule has 17 heavy (non-hydrogen) atoms. The van der Waals surface area contributed by atoms with E-state index in [1.165, 1.54) is 10.4 Å². The fourth-order valence-corrected chi connectivity index (χ4v) is 3.22. The number of rotatable bonds is 2. The van der Waals surface area contributed by atoms with Gasteiger partial charge in [0.15, 0.2) is 0 Å². The molecular formula is C13H20N2OS. The molecule has 94 valence electrons. The molecule has 0 saturated carbocycles. The molecule has 1 amide bonds. The van der Waals surface area contributed by atoms with Gasteiger partial charge in [0.05, 0.1) is 11.6 Å². The number of fused-ring (bicyclic) bond motifs is 1. The maximum Gasteiger partial charge on any atom is 0.242 e. The molecule has 0 aromatic carbocycles. The summed E-state index contributed by atoms with van der Waals surface area (Å²) in [4.78, 5) is 15.9. The maximum atomic E-state index is 12.5. The van der Waals surface area contributed by atoms with Crippen molar-refractivity contribution in [2.24, 2.45) is 0 Å². The van der Waals surface area contributed by atoms with Gasteiger partial charge in [0.1, 0.15) is 0 Å². The third-order valence-electron chi connectivity index (χ3n) is 3.70. The van der Waals surface area contributed by atoms with E-state index in [1.807, 2.05) is 25.8 Å². The quantitative estimate of drug-likeness (QED) is 0.875. The minimum absolute atomic E-state index is 0.185. The van der Waals surface area contributed by atoms with E-state index in [0.717, 1.165) is 13.0 Å². The summed E-state index contributed by atoms with van der Waals surface area (Å²) < 4.78 is 0. The zero-order valence-corrected chi connectivity index (χ0v) is 11.7. The average Bonchev–Trinajstić information content (AvgIpc) is 2.78. The Balaban J connectivity index is 2.23. The molecule has 1 aliphatic heterocycles. The van der Waals surface area contributed by atoms with Crippen LogP contribution in [0.25, 0.3) is 0 Å². The van der Waals surface area contributed by atoms with Crippen molar-refractivity contribution in [3.8, 4) is 0 Å². The summed E-state index contributed by atoms with van der Waals surface area (Å²) in [6, 6.07) is 2.35. The molecule has 1 aromatic rings. The summed E-state index contributed by atoms with van der Waals surface area (Å²) in [7, 11) is 1.84. The summed E-state index contributed by atoms with van der Waals surface area (Å²) in [5.74, 6) is 0.185. The van der Waals surface area contributed by atoms with E-state index in [1.54, 1.807) is 11.3 Å². The molecule has 1 N–H and O–H groups in total. The van der Waals surface area contributed by atoms with Crippen molar-refractivity contribution in [1.29, 1.82) is 0 Å². The molecule has 0 spiro atoms. The van der Waals surface area contributed by atoms with Crippen molar-refractivity contribution in [3.05, 3.63) is 21.9 Å². The number of likely N-dealkylation sites (N-methyl/N-ethyl adjacent to an activating group) is 1. The van der Waals surface area contributed by atoms with Gasteiger partial charge in [0.2, 0.25) is 5.91 Å². The van der Waals surface area contributed by atoms with Crippen molar-refractivity contribution >= 4 is 17.2 Å². The molecular weight excluding hydrogens is 232 g/mol. The van der Waals surface area contributed by atoms with E-state index in [4.69, 9.17) is 0 Å². The number of hydrogen-bond acceptors (Lipinski definition) is 3. The zero-order chi connectivity index (χ0) is 12.6. The Morgan fingerprint density at radius 3 is 2.94 bits per heavy atom. The van der Waals surface area contributed by atoms with Crippen molar-refractivity contribution < 1.29 is 4.79 Å². The second-order valence-electron chi connectivity index (χ2n) is 5.10. The minimum Gasteiger partial charge on any atom is -0.334 e. The maximum absolute atomic E-state index is 12.5. The molecule has 1 aliphatic rings. The van der Waals surface area contributed by atoms with Gasteiger partial charge in [-0.25, -0.2) is 0 Å². The molecule has 0 fully saturated rings. The molecule has 2 rings (SSSR count). The first kappa shape index (κ1) is 12.6. The first-order valence-electron chi connectivity index (χ1n) is 6.03. The third-order valence-corrected chi connectivity index (χ3v) is 4.69. The SMILES string of the molecule is CNC(C)(C)C(=O)N1CCc2sccc2C1C. The molecule has 0 saturated heterocycles. The number of thiophene rings is 1. The van der Waals surface area contributed by atoms with E-state index >= 15 is 0 Å². The Bertz CT molecular complexity index is 425. The van der Waals surface area contributed by atoms with Crippen molar-refractivity contribution in [2.75, 3.05) is 13.6 Å². The lowest BCUT2D eigenvalue weighted by atomic mass is 9.96. The molecule has 3 nitrogen and oxygen atoms in total. The topological polar surface area (TPSA) is 32.3 Å². The first-order chi connectivity index (χ1) is 7.97. The normalized spacial score (nSPS) is 20.2. The fourth-order valence-electron chi connectivity index (χ4n) is 2.25. The Hall–Kier alpha value is -0.870. The van der Waals surface area contributed by atoms with Crippen LogP contribution in [0.15, 0.2) is 11.4 Å². The van der Waals surface area contributed by atoms with Gasteiger partial charge in [0, 0.05) is 11.4 Å². The van der Waals surface area contributed by atoms with Crippen LogP contribution in [0.3, 0.4) is 0 Å². The summed E-state index contributed by atoms with van der Waals surface area (Å²) in [5.41, 5.74) is 0.836. The minimum atomic E-state index is -0.484. The number of carbonyl (C=O) groups excluding carboxylic acids is 1. The predicted octanol–water partition coefficient (Wildman–Crippen LogP) is 2.19. The average molecular weight is 252 g/mol. The van der Waals surface area contributed by atoms with Crippen molar-refractivity contribution in [1.82, 2.24) is 10.2 Å². The van der Waals surface area contributed by atoms with Crippen LogP contribution in [-0.4, -0.2) is 29.9 Å². The highest BCUT2D eigenvalue weighted by Gasteiger charge is 2.35. The smallest absolute Gasteiger partial charge is 0.242 e.